The highest BCUT2D eigenvalue weighted by molar-refractivity contribution is 5.92. The summed E-state index contributed by atoms with van der Waals surface area (Å²) in [6.45, 7) is 0. The molecule has 0 saturated carbocycles. The van der Waals surface area contributed by atoms with Crippen molar-refractivity contribution in [2.75, 3.05) is 0 Å². The van der Waals surface area contributed by atoms with Crippen LogP contribution in [-0.2, 0) is 0 Å². The van der Waals surface area contributed by atoms with Gasteiger partial charge in [-0.25, -0.2) is 0 Å². The van der Waals surface area contributed by atoms with Gasteiger partial charge in [-0.05, 0) is 30.3 Å². The van der Waals surface area contributed by atoms with E-state index in [0.717, 1.165) is 0 Å². The van der Waals surface area contributed by atoms with Crippen molar-refractivity contribution in [3.05, 3.63) is 66.0 Å². The van der Waals surface area contributed by atoms with Crippen molar-refractivity contribution in [3.63, 3.8) is 0 Å². The van der Waals surface area contributed by atoms with Crippen LogP contribution < -0.4 is 5.73 Å². The van der Waals surface area contributed by atoms with Gasteiger partial charge >= 0.3 is 0 Å². The zero-order valence-corrected chi connectivity index (χ0v) is 9.00. The van der Waals surface area contributed by atoms with Crippen LogP contribution in [0, 0.1) is 17.4 Å². The van der Waals surface area contributed by atoms with E-state index in [0.29, 0.717) is 11.1 Å². The molecule has 2 aromatic rings. The van der Waals surface area contributed by atoms with Gasteiger partial charge in [-0.2, -0.15) is 5.26 Å². The maximum Gasteiger partial charge on any atom is 0.250 e. The van der Waals surface area contributed by atoms with Crippen molar-refractivity contribution in [1.82, 2.24) is 4.98 Å². The van der Waals surface area contributed by atoms with E-state index in [2.05, 4.69) is 11.1 Å². The zero-order valence-electron chi connectivity index (χ0n) is 9.00. The molecule has 0 saturated heterocycles. The molecule has 0 aliphatic carbocycles. The number of hydrogen-bond donors (Lipinski definition) is 1. The Morgan fingerprint density at radius 3 is 2.41 bits per heavy atom. The molecule has 0 bridgehead atoms. The minimum absolute atomic E-state index is 0.442. The third-order valence-electron chi connectivity index (χ3n) is 1.79. The molecule has 17 heavy (non-hydrogen) atoms. The van der Waals surface area contributed by atoms with Gasteiger partial charge in [0.1, 0.15) is 0 Å². The maximum atomic E-state index is 10.4. The fraction of sp³-hybridized carbons (Fsp3) is 0. The average molecular weight is 224 g/mol. The molecule has 83 valence electrons. The summed E-state index contributed by atoms with van der Waals surface area (Å²) < 4.78 is 0. The summed E-state index contributed by atoms with van der Waals surface area (Å²) in [4.78, 5) is 14.1. The Hall–Kier alpha value is -2.67. The normalized spacial score (nSPS) is 8.41. The summed E-state index contributed by atoms with van der Waals surface area (Å²) in [5.74, 6) is -0.442. The molecule has 1 radical (unpaired) electrons. The Morgan fingerprint density at radius 1 is 1.35 bits per heavy atom. The molecule has 4 nitrogen and oxygen atoms in total. The molecule has 1 aromatic heterocycles. The minimum atomic E-state index is -0.442. The van der Waals surface area contributed by atoms with Crippen LogP contribution >= 0.6 is 0 Å². The minimum Gasteiger partial charge on any atom is -0.366 e. The van der Waals surface area contributed by atoms with Crippen molar-refractivity contribution in [3.8, 4) is 6.07 Å². The van der Waals surface area contributed by atoms with Crippen LogP contribution in [-0.4, -0.2) is 10.9 Å². The number of benzene rings is 1. The van der Waals surface area contributed by atoms with Crippen molar-refractivity contribution < 1.29 is 4.79 Å². The first-order valence-corrected chi connectivity index (χ1v) is 4.80. The third-order valence-corrected chi connectivity index (χ3v) is 1.79. The Kier molecular flexibility index (Phi) is 4.92. The summed E-state index contributed by atoms with van der Waals surface area (Å²) in [6, 6.07) is 15.0. The Morgan fingerprint density at radius 2 is 2.06 bits per heavy atom. The van der Waals surface area contributed by atoms with Crippen molar-refractivity contribution in [1.29, 1.82) is 5.26 Å². The average Bonchev–Trinajstić information content (AvgIpc) is 2.41. The summed E-state index contributed by atoms with van der Waals surface area (Å²) in [6.07, 6.45) is 3.02. The second-order valence-electron chi connectivity index (χ2n) is 3.01. The highest BCUT2D eigenvalue weighted by atomic mass is 16.1. The highest BCUT2D eigenvalue weighted by Gasteiger charge is 1.94. The van der Waals surface area contributed by atoms with Crippen LogP contribution in [0.4, 0.5) is 0 Å². The highest BCUT2D eigenvalue weighted by Crippen LogP contribution is 1.92. The van der Waals surface area contributed by atoms with Gasteiger partial charge in [0.05, 0.1) is 17.2 Å². The Bertz CT molecular complexity index is 503. The number of nitriles is 1. The van der Waals surface area contributed by atoms with Crippen LogP contribution in [0.5, 0.6) is 0 Å². The van der Waals surface area contributed by atoms with Gasteiger partial charge in [0, 0.05) is 12.4 Å². The van der Waals surface area contributed by atoms with Crippen LogP contribution in [0.25, 0.3) is 0 Å². The molecule has 1 heterocycles. The molecule has 1 aromatic carbocycles. The first-order chi connectivity index (χ1) is 8.24. The number of carbonyl (C=O) groups excluding carboxylic acids is 1. The molecule has 2 N–H and O–H groups in total. The van der Waals surface area contributed by atoms with Crippen LogP contribution in [0.3, 0.4) is 0 Å². The topological polar surface area (TPSA) is 79.8 Å². The molecule has 0 aliphatic heterocycles. The van der Waals surface area contributed by atoms with E-state index in [1.165, 1.54) is 6.20 Å². The maximum absolute atomic E-state index is 10.4. The van der Waals surface area contributed by atoms with Gasteiger partial charge in [0.15, 0.2) is 0 Å². The van der Waals surface area contributed by atoms with Crippen LogP contribution in [0.2, 0.25) is 0 Å². The predicted octanol–water partition coefficient (Wildman–Crippen LogP) is 1.54. The Balaban J connectivity index is 0.000000171. The number of rotatable bonds is 1. The van der Waals surface area contributed by atoms with E-state index in [1.54, 1.807) is 42.6 Å². The Labute approximate surface area is 99.3 Å². The van der Waals surface area contributed by atoms with Crippen LogP contribution in [0.15, 0.2) is 48.8 Å². The smallest absolute Gasteiger partial charge is 0.250 e. The van der Waals surface area contributed by atoms with Crippen molar-refractivity contribution >= 4 is 5.91 Å². The van der Waals surface area contributed by atoms with E-state index in [4.69, 9.17) is 11.0 Å². The first kappa shape index (κ1) is 12.4. The van der Waals surface area contributed by atoms with Gasteiger partial charge in [0.25, 0.3) is 0 Å². The van der Waals surface area contributed by atoms with E-state index < -0.39 is 5.91 Å². The number of nitrogens with two attached hydrogens (primary N) is 1. The molecule has 4 heteroatoms. The second-order valence-corrected chi connectivity index (χ2v) is 3.01. The molecule has 0 aliphatic rings. The molecule has 0 atom stereocenters. The monoisotopic (exact) mass is 224 g/mol. The predicted molar refractivity (Wildman–Crippen MR) is 62.7 cm³/mol. The molecule has 0 unspecified atom stereocenters. The van der Waals surface area contributed by atoms with Crippen LogP contribution in [0.1, 0.15) is 15.9 Å². The first-order valence-electron chi connectivity index (χ1n) is 4.80. The molecular weight excluding hydrogens is 214 g/mol. The van der Waals surface area contributed by atoms with E-state index in [1.807, 2.05) is 6.07 Å². The molecule has 0 fully saturated rings. The summed E-state index contributed by atoms with van der Waals surface area (Å²) in [7, 11) is 0. The molecular formula is C13H10N3O. The number of nitrogens with zero attached hydrogens (tertiary/aromatic N) is 2. The lowest BCUT2D eigenvalue weighted by Crippen LogP contribution is -2.10. The lowest BCUT2D eigenvalue weighted by Gasteiger charge is -1.88. The third kappa shape index (κ3) is 4.58. The number of primary amides is 1. The number of pyridine rings is 1. The van der Waals surface area contributed by atoms with Crippen molar-refractivity contribution in [2.24, 2.45) is 5.73 Å². The van der Waals surface area contributed by atoms with E-state index in [-0.39, 0.29) is 0 Å². The largest absolute Gasteiger partial charge is 0.366 e. The quantitative estimate of drug-likeness (QED) is 0.797. The van der Waals surface area contributed by atoms with E-state index in [9.17, 15) is 4.79 Å². The zero-order chi connectivity index (χ0) is 12.5. The number of amides is 1. The van der Waals surface area contributed by atoms with Gasteiger partial charge in [-0.15, -0.1) is 0 Å². The summed E-state index contributed by atoms with van der Waals surface area (Å²) >= 11 is 0. The molecule has 0 spiro atoms. The van der Waals surface area contributed by atoms with Gasteiger partial charge in [-0.1, -0.05) is 12.1 Å². The summed E-state index contributed by atoms with van der Waals surface area (Å²) in [5, 5.41) is 8.27. The number of carbonyl (C=O) groups is 1. The number of hydrogen-bond acceptors (Lipinski definition) is 3. The van der Waals surface area contributed by atoms with Gasteiger partial charge < -0.3 is 5.73 Å². The van der Waals surface area contributed by atoms with Gasteiger partial charge in [0.2, 0.25) is 5.91 Å². The van der Waals surface area contributed by atoms with E-state index >= 15 is 0 Å². The number of aromatic nitrogens is 1. The molecule has 1 amide bonds. The van der Waals surface area contributed by atoms with Gasteiger partial charge in [-0.3, -0.25) is 9.78 Å². The summed E-state index contributed by atoms with van der Waals surface area (Å²) in [5.41, 5.74) is 6.06. The standard InChI is InChI=1S/C7H4N.C6H6N2O/c8-6-7-4-2-1-3-5-7;7-6(9)5-2-1-3-8-4-5/h2-5H;1-4H,(H2,7,9). The fourth-order valence-corrected chi connectivity index (χ4v) is 0.970. The molecule has 2 rings (SSSR count). The lowest BCUT2D eigenvalue weighted by molar-refractivity contribution is 0.1000. The second kappa shape index (κ2) is 6.75. The SMILES string of the molecule is N#Cc1cc[c]cc1.NC(=O)c1cccnc1. The fourth-order valence-electron chi connectivity index (χ4n) is 0.970. The van der Waals surface area contributed by atoms with Crippen molar-refractivity contribution in [2.45, 2.75) is 0 Å². The lowest BCUT2D eigenvalue weighted by atomic mass is 10.2.